The molecule has 0 saturated carbocycles. The lowest BCUT2D eigenvalue weighted by atomic mass is 10.2. The van der Waals surface area contributed by atoms with E-state index in [9.17, 15) is 5.11 Å². The second-order valence-electron chi connectivity index (χ2n) is 9.70. The van der Waals surface area contributed by atoms with Crippen molar-refractivity contribution in [1.82, 2.24) is 28.7 Å². The summed E-state index contributed by atoms with van der Waals surface area (Å²) in [4.78, 5) is 32.6. The first-order chi connectivity index (χ1) is 22.1. The molecule has 1 fully saturated rings. The Balaban J connectivity index is 0.000000199. The predicted octanol–water partition coefficient (Wildman–Crippen LogP) is 5.27. The molecule has 0 bridgehead atoms. The molecule has 0 aliphatic carbocycles. The van der Waals surface area contributed by atoms with Crippen LogP contribution in [0.3, 0.4) is 0 Å². The van der Waals surface area contributed by atoms with Gasteiger partial charge < -0.3 is 28.1 Å². The summed E-state index contributed by atoms with van der Waals surface area (Å²) in [6.07, 6.45) is 20.7. The van der Waals surface area contributed by atoms with E-state index in [2.05, 4.69) is 19.9 Å². The zero-order valence-corrected chi connectivity index (χ0v) is 24.9. The van der Waals surface area contributed by atoms with Gasteiger partial charge in [-0.2, -0.15) is 9.59 Å². The highest BCUT2D eigenvalue weighted by atomic mass is 16.5. The summed E-state index contributed by atoms with van der Waals surface area (Å²) in [7, 11) is 0. The molecule has 1 aliphatic rings. The van der Waals surface area contributed by atoms with Gasteiger partial charge in [-0.05, 0) is 49.6 Å². The highest BCUT2D eigenvalue weighted by Gasteiger charge is 2.06. The maximum atomic E-state index is 9.23. The number of fused-ring (bicyclic) bond motifs is 2. The van der Waals surface area contributed by atoms with Gasteiger partial charge in [0.25, 0.3) is 0 Å². The van der Waals surface area contributed by atoms with Crippen molar-refractivity contribution in [2.45, 2.75) is 47.0 Å². The molecule has 7 heterocycles. The van der Waals surface area contributed by atoms with E-state index in [0.717, 1.165) is 52.3 Å². The number of hydrogen-bond acceptors (Lipinski definition) is 10. The fraction of sp³-hybridized carbons (Fsp3) is 0.265. The molecule has 1 saturated heterocycles. The molecular formula is C34H38N6O6. The van der Waals surface area contributed by atoms with Gasteiger partial charge in [0.15, 0.2) is 0 Å². The Morgan fingerprint density at radius 2 is 1.28 bits per heavy atom. The molecule has 0 amide bonds. The lowest BCUT2D eigenvalue weighted by Gasteiger charge is -2.10. The number of aliphatic hydroxyl groups excluding tert-OH is 1. The van der Waals surface area contributed by atoms with Gasteiger partial charge >= 0.3 is 6.15 Å². The molecule has 1 N–H and O–H groups in total. The molecule has 0 unspecified atom stereocenters. The normalized spacial score (nSPS) is 11.4. The monoisotopic (exact) mass is 626 g/mol. The molecule has 0 spiro atoms. The number of carbonyl (C=O) groups excluding carboxylic acids is 2. The van der Waals surface area contributed by atoms with Crippen LogP contribution in [0.15, 0.2) is 98.6 Å². The Hall–Kier alpha value is -5.42. The lowest BCUT2D eigenvalue weighted by Crippen LogP contribution is -2.00. The van der Waals surface area contributed by atoms with Crippen LogP contribution in [0, 0.1) is 6.92 Å². The van der Waals surface area contributed by atoms with Crippen molar-refractivity contribution in [2.24, 2.45) is 0 Å². The molecule has 240 valence electrons. The van der Waals surface area contributed by atoms with Crippen LogP contribution in [0.2, 0.25) is 0 Å². The first-order valence-corrected chi connectivity index (χ1v) is 14.2. The Bertz CT molecular complexity index is 1790. The number of imidazole rings is 2. The first kappa shape index (κ1) is 35.1. The Kier molecular flexibility index (Phi) is 14.5. The Morgan fingerprint density at radius 3 is 1.78 bits per heavy atom. The Morgan fingerprint density at radius 1 is 0.761 bits per heavy atom. The van der Waals surface area contributed by atoms with Crippen molar-refractivity contribution in [3.63, 3.8) is 0 Å². The summed E-state index contributed by atoms with van der Waals surface area (Å²) < 4.78 is 20.4. The van der Waals surface area contributed by atoms with Crippen LogP contribution in [-0.2, 0) is 34.1 Å². The maximum absolute atomic E-state index is 9.23. The van der Waals surface area contributed by atoms with Crippen LogP contribution in [-0.4, -0.2) is 53.2 Å². The van der Waals surface area contributed by atoms with E-state index in [1.807, 2.05) is 64.6 Å². The third-order valence-corrected chi connectivity index (χ3v) is 6.70. The number of ether oxygens (including phenoxy) is 3. The molecule has 7 rings (SSSR count). The zero-order chi connectivity index (χ0) is 31.7. The third-order valence-electron chi connectivity index (χ3n) is 6.70. The van der Waals surface area contributed by atoms with Crippen LogP contribution in [0.1, 0.15) is 42.5 Å². The fourth-order valence-corrected chi connectivity index (χ4v) is 4.35. The number of aryl methyl sites for hydroxylation is 1. The minimum Gasteiger partial charge on any atom is -0.487 e. The minimum atomic E-state index is -0.0608. The van der Waals surface area contributed by atoms with E-state index >= 15 is 0 Å². The van der Waals surface area contributed by atoms with Gasteiger partial charge in [-0.25, -0.2) is 9.97 Å². The van der Waals surface area contributed by atoms with E-state index in [4.69, 9.17) is 23.8 Å². The van der Waals surface area contributed by atoms with Crippen molar-refractivity contribution in [2.75, 3.05) is 13.2 Å². The molecule has 0 radical (unpaired) electrons. The quantitative estimate of drug-likeness (QED) is 0.249. The molecule has 12 heteroatoms. The van der Waals surface area contributed by atoms with Crippen molar-refractivity contribution in [3.05, 3.63) is 121 Å². The number of hydrogen-bond donors (Lipinski definition) is 1. The highest BCUT2D eigenvalue weighted by molar-refractivity contribution is 5.53. The van der Waals surface area contributed by atoms with Gasteiger partial charge in [-0.15, -0.1) is 0 Å². The molecule has 0 aromatic carbocycles. The number of aliphatic hydroxyl groups is 1. The third kappa shape index (κ3) is 10.1. The molecule has 12 nitrogen and oxygen atoms in total. The number of pyridine rings is 4. The summed E-state index contributed by atoms with van der Waals surface area (Å²) in [5, 5.41) is 9.23. The molecule has 6 aromatic rings. The smallest absolute Gasteiger partial charge is 0.373 e. The van der Waals surface area contributed by atoms with E-state index in [1.165, 1.54) is 12.8 Å². The van der Waals surface area contributed by atoms with E-state index in [1.54, 1.807) is 49.7 Å². The second kappa shape index (κ2) is 19.1. The van der Waals surface area contributed by atoms with Gasteiger partial charge in [0.2, 0.25) is 0 Å². The molecular weight excluding hydrogens is 588 g/mol. The number of nitrogens with zero attached hydrogens (tertiary/aromatic N) is 6. The van der Waals surface area contributed by atoms with Crippen molar-refractivity contribution in [3.8, 4) is 11.5 Å². The van der Waals surface area contributed by atoms with Crippen molar-refractivity contribution >= 4 is 17.2 Å². The van der Waals surface area contributed by atoms with Gasteiger partial charge in [0.05, 0.1) is 55.1 Å². The maximum Gasteiger partial charge on any atom is 0.373 e. The summed E-state index contributed by atoms with van der Waals surface area (Å²) in [5.41, 5.74) is 6.04. The van der Waals surface area contributed by atoms with Crippen LogP contribution in [0.25, 0.3) is 11.0 Å². The Labute approximate surface area is 267 Å². The average Bonchev–Trinajstić information content (AvgIpc) is 3.88. The van der Waals surface area contributed by atoms with Crippen LogP contribution < -0.4 is 9.47 Å². The molecule has 46 heavy (non-hydrogen) atoms. The van der Waals surface area contributed by atoms with Gasteiger partial charge in [-0.1, -0.05) is 19.6 Å². The largest absolute Gasteiger partial charge is 0.487 e. The molecule has 0 atom stereocenters. The zero-order valence-electron chi connectivity index (χ0n) is 24.9. The lowest BCUT2D eigenvalue weighted by molar-refractivity contribution is -0.191. The van der Waals surface area contributed by atoms with E-state index in [0.29, 0.717) is 19.0 Å². The van der Waals surface area contributed by atoms with Gasteiger partial charge in [-0.3, -0.25) is 9.97 Å². The standard InChI is InChI=1S/C14H13N3O2.C14H13N3O.C4H8O.CO2.CH4/c18-8-11-3-4-15-7-14(11)19-9-12-2-1-5-17-10-16-6-13(12)17;1-11-4-5-15-8-14(11)18-9-12-3-2-6-17-10-16-7-13(12)17;1-2-4-5-3-1;2-1-3;/h1-7,10,18H,8-9H2;2-8,10H,9H2,1H3;1-4H2;;1H4. The van der Waals surface area contributed by atoms with E-state index in [-0.39, 0.29) is 20.2 Å². The predicted molar refractivity (Wildman–Crippen MR) is 170 cm³/mol. The minimum absolute atomic E-state index is 0. The van der Waals surface area contributed by atoms with Crippen LogP contribution in [0.4, 0.5) is 0 Å². The van der Waals surface area contributed by atoms with Crippen LogP contribution in [0.5, 0.6) is 11.5 Å². The topological polar surface area (TPSA) is 142 Å². The van der Waals surface area contributed by atoms with Crippen molar-refractivity contribution in [1.29, 1.82) is 0 Å². The SMILES string of the molecule is C.C1CCOC1.Cc1ccncc1OCc1cccn2cncc12.O=C=O.OCc1ccncc1OCc1cccn2cncc12. The summed E-state index contributed by atoms with van der Waals surface area (Å²) >= 11 is 0. The van der Waals surface area contributed by atoms with Crippen LogP contribution >= 0.6 is 0 Å². The molecule has 6 aromatic heterocycles. The fourth-order valence-electron chi connectivity index (χ4n) is 4.35. The van der Waals surface area contributed by atoms with Gasteiger partial charge in [0, 0.05) is 54.7 Å². The highest BCUT2D eigenvalue weighted by Crippen LogP contribution is 2.20. The average molecular weight is 627 g/mol. The first-order valence-electron chi connectivity index (χ1n) is 14.2. The second-order valence-corrected chi connectivity index (χ2v) is 9.70. The molecule has 1 aliphatic heterocycles. The summed E-state index contributed by atoms with van der Waals surface area (Å²) in [6, 6.07) is 11.7. The van der Waals surface area contributed by atoms with Gasteiger partial charge in [0.1, 0.15) is 24.7 Å². The summed E-state index contributed by atoms with van der Waals surface area (Å²) in [6.45, 7) is 4.88. The van der Waals surface area contributed by atoms with Crippen molar-refractivity contribution < 1.29 is 28.9 Å². The van der Waals surface area contributed by atoms with E-state index < -0.39 is 0 Å². The number of rotatable bonds is 7. The summed E-state index contributed by atoms with van der Waals surface area (Å²) in [5.74, 6) is 1.42. The number of aromatic nitrogens is 6.